The van der Waals surface area contributed by atoms with Gasteiger partial charge in [0.25, 0.3) is 5.56 Å². The second-order valence-corrected chi connectivity index (χ2v) is 16.4. The highest BCUT2D eigenvalue weighted by atomic mass is 28.4. The SMILES string of the molecule is CC(C)C(=O)Nc1nc2c(ncn2[C@@H]2O[C@H](CO)[C@@H](N=Cc3ccccc3)[C@H]2O[Si](C)(C)C(C)(C)C)c(=O)[nH]1. The molecule has 3 N–H and O–H groups in total. The highest BCUT2D eigenvalue weighted by Gasteiger charge is 2.51. The van der Waals surface area contributed by atoms with Gasteiger partial charge < -0.3 is 14.3 Å². The van der Waals surface area contributed by atoms with E-state index in [9.17, 15) is 14.7 Å². The molecule has 0 spiro atoms. The van der Waals surface area contributed by atoms with Crippen molar-refractivity contribution in [3.8, 4) is 0 Å². The number of imidazole rings is 1. The van der Waals surface area contributed by atoms with Crippen LogP contribution in [0.4, 0.5) is 5.95 Å². The van der Waals surface area contributed by atoms with E-state index in [2.05, 4.69) is 54.1 Å². The number of aliphatic hydroxyl groups excluding tert-OH is 1. The van der Waals surface area contributed by atoms with Gasteiger partial charge in [-0.05, 0) is 23.7 Å². The van der Waals surface area contributed by atoms with Crippen LogP contribution in [-0.4, -0.2) is 69.9 Å². The molecule has 1 saturated heterocycles. The fraction of sp³-hybridized carbons (Fsp3) is 0.519. The topological polar surface area (TPSA) is 144 Å². The first-order chi connectivity index (χ1) is 18.3. The number of carbonyl (C=O) groups is 1. The van der Waals surface area contributed by atoms with Gasteiger partial charge in [-0.3, -0.25) is 29.4 Å². The summed E-state index contributed by atoms with van der Waals surface area (Å²) in [4.78, 5) is 41.3. The molecule has 0 radical (unpaired) electrons. The lowest BCUT2D eigenvalue weighted by molar-refractivity contribution is -0.118. The van der Waals surface area contributed by atoms with E-state index in [0.29, 0.717) is 0 Å². The lowest BCUT2D eigenvalue weighted by Crippen LogP contribution is -2.48. The Kier molecular flexibility index (Phi) is 8.21. The van der Waals surface area contributed by atoms with Crippen LogP contribution in [0.5, 0.6) is 0 Å². The molecule has 0 unspecified atom stereocenters. The minimum Gasteiger partial charge on any atom is -0.407 e. The number of hydrogen-bond donors (Lipinski definition) is 3. The average molecular weight is 555 g/mol. The zero-order valence-electron chi connectivity index (χ0n) is 23.5. The van der Waals surface area contributed by atoms with Crippen LogP contribution in [0.1, 0.15) is 46.4 Å². The van der Waals surface area contributed by atoms with Crippen molar-refractivity contribution in [1.29, 1.82) is 0 Å². The monoisotopic (exact) mass is 554 g/mol. The van der Waals surface area contributed by atoms with Crippen molar-refractivity contribution in [2.75, 3.05) is 11.9 Å². The smallest absolute Gasteiger partial charge is 0.280 e. The molecule has 2 aromatic heterocycles. The van der Waals surface area contributed by atoms with Gasteiger partial charge in [0.2, 0.25) is 11.9 Å². The van der Waals surface area contributed by atoms with Gasteiger partial charge in [-0.25, -0.2) is 4.98 Å². The van der Waals surface area contributed by atoms with Gasteiger partial charge in [0.05, 0.1) is 12.9 Å². The van der Waals surface area contributed by atoms with Crippen LogP contribution in [0.3, 0.4) is 0 Å². The van der Waals surface area contributed by atoms with E-state index in [1.54, 1.807) is 24.6 Å². The number of hydrogen-bond acceptors (Lipinski definition) is 8. The minimum absolute atomic E-state index is 0.0187. The lowest BCUT2D eigenvalue weighted by atomic mass is 10.1. The number of aromatic nitrogens is 4. The summed E-state index contributed by atoms with van der Waals surface area (Å²) < 4.78 is 14.9. The number of nitrogens with one attached hydrogen (secondary N) is 2. The highest BCUT2D eigenvalue weighted by molar-refractivity contribution is 6.74. The maximum Gasteiger partial charge on any atom is 0.280 e. The zero-order chi connectivity index (χ0) is 28.5. The Morgan fingerprint density at radius 1 is 1.31 bits per heavy atom. The summed E-state index contributed by atoms with van der Waals surface area (Å²) in [6.45, 7) is 13.9. The molecule has 210 valence electrons. The Morgan fingerprint density at radius 2 is 2.00 bits per heavy atom. The first-order valence-electron chi connectivity index (χ1n) is 13.1. The quantitative estimate of drug-likeness (QED) is 0.286. The molecule has 3 aromatic rings. The number of aromatic amines is 1. The fourth-order valence-corrected chi connectivity index (χ4v) is 5.35. The van der Waals surface area contributed by atoms with Gasteiger partial charge >= 0.3 is 0 Å². The molecule has 3 heterocycles. The van der Waals surface area contributed by atoms with E-state index in [1.807, 2.05) is 30.3 Å². The molecule has 0 aliphatic carbocycles. The van der Waals surface area contributed by atoms with Crippen molar-refractivity contribution in [2.24, 2.45) is 10.9 Å². The number of H-pyrrole nitrogens is 1. The third-order valence-corrected chi connectivity index (χ3v) is 11.9. The Bertz CT molecular complexity index is 1400. The number of aliphatic hydroxyl groups is 1. The molecule has 4 atom stereocenters. The standard InChI is InChI=1S/C27H38N6O5Si/c1-16(2)23(35)31-26-30-22-20(24(36)32-26)29-15-33(22)25-21(38-39(6,7)27(3,4)5)19(18(14-34)37-25)28-13-17-11-9-8-10-12-17/h8-13,15-16,18-19,21,25,34H,14H2,1-7H3,(H2,30,31,32,35,36)/t18-,19-,21-,25-/m1/s1. The average Bonchev–Trinajstić information content (AvgIpc) is 3.43. The second kappa shape index (κ2) is 11.1. The Balaban J connectivity index is 1.80. The van der Waals surface area contributed by atoms with Crippen LogP contribution in [0.15, 0.2) is 46.4 Å². The molecule has 0 saturated carbocycles. The van der Waals surface area contributed by atoms with Crippen molar-refractivity contribution >= 4 is 37.6 Å². The van der Waals surface area contributed by atoms with E-state index in [-0.39, 0.29) is 40.6 Å². The molecule has 1 fully saturated rings. The number of fused-ring (bicyclic) bond motifs is 1. The predicted octanol–water partition coefficient (Wildman–Crippen LogP) is 3.48. The number of nitrogens with zero attached hydrogens (tertiary/aromatic N) is 4. The molecule has 12 heteroatoms. The van der Waals surface area contributed by atoms with Crippen molar-refractivity contribution in [2.45, 2.75) is 77.2 Å². The van der Waals surface area contributed by atoms with E-state index in [0.717, 1.165) is 5.56 Å². The Morgan fingerprint density at radius 3 is 2.62 bits per heavy atom. The number of carbonyl (C=O) groups excluding carboxylic acids is 1. The van der Waals surface area contributed by atoms with E-state index < -0.39 is 38.4 Å². The van der Waals surface area contributed by atoms with Crippen LogP contribution >= 0.6 is 0 Å². The number of amides is 1. The Hall–Kier alpha value is -3.19. The van der Waals surface area contributed by atoms with Gasteiger partial charge in [-0.15, -0.1) is 0 Å². The first-order valence-corrected chi connectivity index (χ1v) is 16.0. The van der Waals surface area contributed by atoms with Gasteiger partial charge in [-0.2, -0.15) is 4.98 Å². The van der Waals surface area contributed by atoms with Crippen molar-refractivity contribution < 1.29 is 19.1 Å². The van der Waals surface area contributed by atoms with Crippen LogP contribution < -0.4 is 10.9 Å². The number of anilines is 1. The van der Waals surface area contributed by atoms with Gasteiger partial charge in [-0.1, -0.05) is 65.0 Å². The summed E-state index contributed by atoms with van der Waals surface area (Å²) in [5.74, 6) is -0.564. The molecule has 4 rings (SSSR count). The number of rotatable bonds is 8. The summed E-state index contributed by atoms with van der Waals surface area (Å²) in [6.07, 6.45) is 1.20. The largest absolute Gasteiger partial charge is 0.407 e. The fourth-order valence-electron chi connectivity index (χ4n) is 4.06. The number of ether oxygens (including phenoxy) is 1. The number of benzene rings is 1. The molecule has 11 nitrogen and oxygen atoms in total. The molecule has 1 amide bonds. The van der Waals surface area contributed by atoms with E-state index in [1.165, 1.54) is 6.33 Å². The molecular formula is C27H38N6O5Si. The molecular weight excluding hydrogens is 516 g/mol. The summed E-state index contributed by atoms with van der Waals surface area (Å²) in [5, 5.41) is 12.8. The van der Waals surface area contributed by atoms with E-state index in [4.69, 9.17) is 14.2 Å². The van der Waals surface area contributed by atoms with Crippen molar-refractivity contribution in [3.63, 3.8) is 0 Å². The van der Waals surface area contributed by atoms with Crippen LogP contribution in [0, 0.1) is 5.92 Å². The molecule has 1 aliphatic heterocycles. The van der Waals surface area contributed by atoms with Gasteiger partial charge in [0.1, 0.15) is 18.2 Å². The predicted molar refractivity (Wildman–Crippen MR) is 153 cm³/mol. The highest BCUT2D eigenvalue weighted by Crippen LogP contribution is 2.43. The van der Waals surface area contributed by atoms with E-state index >= 15 is 0 Å². The third-order valence-electron chi connectivity index (χ3n) is 7.40. The van der Waals surface area contributed by atoms with Gasteiger partial charge in [0, 0.05) is 12.1 Å². The summed E-state index contributed by atoms with van der Waals surface area (Å²) in [6, 6.07) is 9.15. The normalized spacial score (nSPS) is 22.3. The first kappa shape index (κ1) is 28.8. The van der Waals surface area contributed by atoms with Gasteiger partial charge in [0.15, 0.2) is 25.7 Å². The van der Waals surface area contributed by atoms with Crippen LogP contribution in [0.2, 0.25) is 18.1 Å². The van der Waals surface area contributed by atoms with Crippen LogP contribution in [-0.2, 0) is 14.0 Å². The summed E-state index contributed by atoms with van der Waals surface area (Å²) in [7, 11) is -2.35. The third kappa shape index (κ3) is 6.03. The number of aliphatic imine (C=N–C) groups is 1. The summed E-state index contributed by atoms with van der Waals surface area (Å²) >= 11 is 0. The zero-order valence-corrected chi connectivity index (χ0v) is 24.5. The Labute approximate surface area is 228 Å². The molecule has 39 heavy (non-hydrogen) atoms. The molecule has 1 aliphatic rings. The minimum atomic E-state index is -2.35. The van der Waals surface area contributed by atoms with Crippen LogP contribution in [0.25, 0.3) is 11.2 Å². The maximum absolute atomic E-state index is 12.8. The molecule has 1 aromatic carbocycles. The molecule has 0 bridgehead atoms. The maximum atomic E-state index is 12.8. The van der Waals surface area contributed by atoms with Crippen molar-refractivity contribution in [1.82, 2.24) is 19.5 Å². The second-order valence-electron chi connectivity index (χ2n) is 11.7. The van der Waals surface area contributed by atoms with Crippen molar-refractivity contribution in [3.05, 3.63) is 52.6 Å². The lowest BCUT2D eigenvalue weighted by Gasteiger charge is -2.40. The summed E-state index contributed by atoms with van der Waals surface area (Å²) in [5.41, 5.74) is 0.755.